The highest BCUT2D eigenvalue weighted by Gasteiger charge is 2.48. The first-order valence-electron chi connectivity index (χ1n) is 14.3. The summed E-state index contributed by atoms with van der Waals surface area (Å²) in [5.41, 5.74) is 0. The summed E-state index contributed by atoms with van der Waals surface area (Å²) in [7, 11) is -1.29. The maximum atomic E-state index is 13.8. The van der Waals surface area contributed by atoms with Crippen LogP contribution in [0.5, 0.6) is 0 Å². The molecule has 7 atom stereocenters. The van der Waals surface area contributed by atoms with E-state index < -0.39 is 25.6 Å². The maximum absolute atomic E-state index is 13.8. The summed E-state index contributed by atoms with van der Waals surface area (Å²) in [4.78, 5) is 27.5. The quantitative estimate of drug-likeness (QED) is 0.244. The van der Waals surface area contributed by atoms with E-state index in [-0.39, 0.29) is 30.6 Å². The van der Waals surface area contributed by atoms with Crippen molar-refractivity contribution in [3.63, 3.8) is 0 Å². The molecule has 0 saturated heterocycles. The van der Waals surface area contributed by atoms with Gasteiger partial charge in [0.05, 0.1) is 6.54 Å². The Labute approximate surface area is 229 Å². The Balaban J connectivity index is 1.90. The summed E-state index contributed by atoms with van der Waals surface area (Å²) < 4.78 is 36.3. The lowest BCUT2D eigenvalue weighted by molar-refractivity contribution is -0.0755. The zero-order chi connectivity index (χ0) is 28.2. The van der Waals surface area contributed by atoms with Crippen LogP contribution < -0.4 is 0 Å². The van der Waals surface area contributed by atoms with Crippen molar-refractivity contribution in [1.29, 1.82) is 0 Å². The smallest absolute Gasteiger partial charge is 0.430 e. The molecule has 3 rings (SSSR count). The Morgan fingerprint density at radius 2 is 1.29 bits per heavy atom. The van der Waals surface area contributed by atoms with Gasteiger partial charge >= 0.3 is 19.8 Å². The Morgan fingerprint density at radius 3 is 1.74 bits per heavy atom. The number of carbonyl (C=O) groups excluding carboxylic acids is 2. The summed E-state index contributed by atoms with van der Waals surface area (Å²) in [6.07, 6.45) is 6.98. The number of ether oxygens (including phenoxy) is 2. The highest BCUT2D eigenvalue weighted by atomic mass is 31.2. The van der Waals surface area contributed by atoms with Crippen LogP contribution in [0.2, 0.25) is 0 Å². The molecule has 1 heterocycles. The predicted octanol–water partition coefficient (Wildman–Crippen LogP) is 7.08. The third-order valence-corrected chi connectivity index (χ3v) is 10.8. The monoisotopic (exact) mass is 556 g/mol. The van der Waals surface area contributed by atoms with Crippen LogP contribution in [0, 0.1) is 35.5 Å². The summed E-state index contributed by atoms with van der Waals surface area (Å²) in [6.45, 7) is 13.0. The number of carbonyl (C=O) groups is 2. The summed E-state index contributed by atoms with van der Waals surface area (Å²) in [5.74, 6) is 0.860. The van der Waals surface area contributed by atoms with E-state index in [4.69, 9.17) is 18.5 Å². The SMILES string of the molecule is COP(=O)(OC)C1C=CCN(C(=O)O[C@@H]2C[C@H](C)CC[C@H]2C(C)C)N1C(=O)O[C@@H]1C[C@H](C)CC[C@H]1C(C)C. The molecule has 9 nitrogen and oxygen atoms in total. The molecular formula is C28H49N2O7P. The van der Waals surface area contributed by atoms with Gasteiger partial charge in [-0.15, -0.1) is 0 Å². The van der Waals surface area contributed by atoms with Crippen molar-refractivity contribution in [2.24, 2.45) is 35.5 Å². The molecule has 10 heteroatoms. The molecule has 0 bridgehead atoms. The van der Waals surface area contributed by atoms with Gasteiger partial charge < -0.3 is 18.5 Å². The second-order valence-electron chi connectivity index (χ2n) is 12.2. The van der Waals surface area contributed by atoms with Crippen molar-refractivity contribution in [2.75, 3.05) is 20.8 Å². The van der Waals surface area contributed by atoms with E-state index in [1.807, 2.05) is 0 Å². The first-order chi connectivity index (χ1) is 17.9. The molecule has 38 heavy (non-hydrogen) atoms. The summed E-state index contributed by atoms with van der Waals surface area (Å²) in [5, 5.41) is 2.30. The minimum absolute atomic E-state index is 0.0845. The van der Waals surface area contributed by atoms with E-state index in [0.29, 0.717) is 23.7 Å². The van der Waals surface area contributed by atoms with Gasteiger partial charge in [0.25, 0.3) is 0 Å². The molecule has 2 fully saturated rings. The molecule has 0 spiro atoms. The average Bonchev–Trinajstić information content (AvgIpc) is 2.87. The van der Waals surface area contributed by atoms with Crippen LogP contribution in [0.15, 0.2) is 12.2 Å². The lowest BCUT2D eigenvalue weighted by Gasteiger charge is -2.44. The molecule has 2 aliphatic carbocycles. The maximum Gasteiger partial charge on any atom is 0.430 e. The van der Waals surface area contributed by atoms with Crippen molar-refractivity contribution in [1.82, 2.24) is 10.0 Å². The largest absolute Gasteiger partial charge is 0.445 e. The van der Waals surface area contributed by atoms with Gasteiger partial charge in [0.15, 0.2) is 5.78 Å². The van der Waals surface area contributed by atoms with E-state index in [0.717, 1.165) is 43.5 Å². The van der Waals surface area contributed by atoms with Crippen molar-refractivity contribution in [3.8, 4) is 0 Å². The van der Waals surface area contributed by atoms with Gasteiger partial charge in [-0.05, 0) is 67.3 Å². The van der Waals surface area contributed by atoms with Gasteiger partial charge in [-0.1, -0.05) is 60.5 Å². The van der Waals surface area contributed by atoms with Crippen molar-refractivity contribution < 1.29 is 32.7 Å². The fourth-order valence-corrected chi connectivity index (χ4v) is 7.77. The van der Waals surface area contributed by atoms with Gasteiger partial charge in [0.2, 0.25) is 0 Å². The minimum Gasteiger partial charge on any atom is -0.445 e. The Morgan fingerprint density at radius 1 is 0.816 bits per heavy atom. The van der Waals surface area contributed by atoms with Gasteiger partial charge in [0, 0.05) is 14.2 Å². The van der Waals surface area contributed by atoms with Gasteiger partial charge in [0.1, 0.15) is 12.2 Å². The molecule has 0 N–H and O–H groups in total. The fraction of sp³-hybridized carbons (Fsp3) is 0.857. The number of hydrazine groups is 1. The van der Waals surface area contributed by atoms with Crippen LogP contribution in [-0.2, 0) is 23.1 Å². The van der Waals surface area contributed by atoms with E-state index in [9.17, 15) is 14.2 Å². The van der Waals surface area contributed by atoms with Crippen molar-refractivity contribution >= 4 is 19.8 Å². The molecule has 0 aromatic rings. The topological polar surface area (TPSA) is 94.6 Å². The number of rotatable bonds is 7. The van der Waals surface area contributed by atoms with Crippen LogP contribution in [0.1, 0.15) is 80.1 Å². The summed E-state index contributed by atoms with van der Waals surface area (Å²) >= 11 is 0. The third-order valence-electron chi connectivity index (χ3n) is 8.76. The molecule has 1 unspecified atom stereocenters. The molecule has 0 aromatic carbocycles. The standard InChI is InChI=1S/C28H49N2O7P/c1-18(2)22-13-11-20(5)16-24(22)36-27(31)29-15-9-10-26(38(33,34-7)35-8)30(29)28(32)37-25-17-21(6)12-14-23(25)19(3)4/h9-10,18-26H,11-17H2,1-8H3/t20-,21-,22+,23+,24-,25-,26?/m1/s1. The number of nitrogens with zero attached hydrogens (tertiary/aromatic N) is 2. The molecule has 0 radical (unpaired) electrons. The number of amides is 2. The Bertz CT molecular complexity index is 886. The van der Waals surface area contributed by atoms with Gasteiger partial charge in [-0.3, -0.25) is 4.57 Å². The highest BCUT2D eigenvalue weighted by Crippen LogP contribution is 2.54. The highest BCUT2D eigenvalue weighted by molar-refractivity contribution is 7.54. The Kier molecular flexibility index (Phi) is 10.7. The van der Waals surface area contributed by atoms with Crippen LogP contribution >= 0.6 is 7.60 Å². The van der Waals surface area contributed by atoms with Crippen molar-refractivity contribution in [3.05, 3.63) is 12.2 Å². The van der Waals surface area contributed by atoms with Crippen LogP contribution in [0.25, 0.3) is 0 Å². The summed E-state index contributed by atoms with van der Waals surface area (Å²) in [6, 6.07) is 0. The third kappa shape index (κ3) is 6.95. The number of hydrogen-bond donors (Lipinski definition) is 0. The molecule has 1 aliphatic heterocycles. The Hall–Kier alpha value is -1.57. The van der Waals surface area contributed by atoms with Crippen molar-refractivity contribution in [2.45, 2.75) is 98.1 Å². The zero-order valence-corrected chi connectivity index (χ0v) is 25.4. The fourth-order valence-electron chi connectivity index (χ4n) is 6.37. The lowest BCUT2D eigenvalue weighted by atomic mass is 9.75. The lowest BCUT2D eigenvalue weighted by Crippen LogP contribution is -2.58. The predicted molar refractivity (Wildman–Crippen MR) is 146 cm³/mol. The van der Waals surface area contributed by atoms with Crippen LogP contribution in [0.4, 0.5) is 9.59 Å². The van der Waals surface area contributed by atoms with Crippen LogP contribution in [-0.4, -0.2) is 61.0 Å². The molecule has 218 valence electrons. The second kappa shape index (κ2) is 13.2. The average molecular weight is 557 g/mol. The van der Waals surface area contributed by atoms with Gasteiger partial charge in [-0.25, -0.2) is 14.6 Å². The van der Waals surface area contributed by atoms with Gasteiger partial charge in [-0.2, -0.15) is 5.01 Å². The molecule has 2 saturated carbocycles. The first kappa shape index (κ1) is 31.0. The minimum atomic E-state index is -3.83. The molecule has 2 amide bonds. The second-order valence-corrected chi connectivity index (χ2v) is 14.5. The van der Waals surface area contributed by atoms with E-state index >= 15 is 0 Å². The van der Waals surface area contributed by atoms with E-state index in [2.05, 4.69) is 41.5 Å². The molecular weight excluding hydrogens is 507 g/mol. The van der Waals surface area contributed by atoms with E-state index in [1.165, 1.54) is 19.2 Å². The zero-order valence-electron chi connectivity index (χ0n) is 24.5. The first-order valence-corrected chi connectivity index (χ1v) is 15.9. The normalized spacial score (nSPS) is 32.5. The molecule has 3 aliphatic rings. The molecule has 0 aromatic heterocycles. The van der Waals surface area contributed by atoms with Crippen LogP contribution in [0.3, 0.4) is 0 Å². The van der Waals surface area contributed by atoms with E-state index in [1.54, 1.807) is 12.2 Å². The number of hydrogen-bond acceptors (Lipinski definition) is 7.